The lowest BCUT2D eigenvalue weighted by Crippen LogP contribution is -2.09. The van der Waals surface area contributed by atoms with E-state index >= 15 is 0 Å². The molecule has 3 aromatic carbocycles. The van der Waals surface area contributed by atoms with E-state index < -0.39 is 12.6 Å². The first kappa shape index (κ1) is 21.5. The first-order valence-electron chi connectivity index (χ1n) is 9.74. The lowest BCUT2D eigenvalue weighted by Gasteiger charge is -2.16. The van der Waals surface area contributed by atoms with Crippen LogP contribution in [0.4, 0.5) is 4.39 Å². The van der Waals surface area contributed by atoms with Crippen LogP contribution in [0.3, 0.4) is 0 Å². The van der Waals surface area contributed by atoms with Crippen molar-refractivity contribution >= 4 is 29.2 Å². The average molecular weight is 461 g/mol. The highest BCUT2D eigenvalue weighted by Crippen LogP contribution is 2.42. The lowest BCUT2D eigenvalue weighted by molar-refractivity contribution is -0.139. The summed E-state index contributed by atoms with van der Waals surface area (Å²) in [4.78, 5) is 10.7. The Hall–Kier alpha value is -2.76. The van der Waals surface area contributed by atoms with Gasteiger partial charge in [0.15, 0.2) is 6.61 Å². The number of halogens is 3. The van der Waals surface area contributed by atoms with Gasteiger partial charge in [-0.3, -0.25) is 0 Å². The number of phenols is 1. The van der Waals surface area contributed by atoms with Crippen molar-refractivity contribution in [1.82, 2.24) is 0 Å². The summed E-state index contributed by atoms with van der Waals surface area (Å²) in [5, 5.41) is 20.0. The fourth-order valence-corrected chi connectivity index (χ4v) is 4.68. The number of rotatable bonds is 6. The number of benzene rings is 3. The zero-order chi connectivity index (χ0) is 22.1. The number of aryl methyl sites for hydroxylation is 1. The van der Waals surface area contributed by atoms with Crippen LogP contribution in [0, 0.1) is 5.82 Å². The molecule has 0 aromatic heterocycles. The number of aliphatic carboxylic acids is 1. The van der Waals surface area contributed by atoms with Crippen molar-refractivity contribution in [2.75, 3.05) is 6.61 Å². The molecule has 0 radical (unpaired) electrons. The second-order valence-electron chi connectivity index (χ2n) is 7.55. The SMILES string of the molecule is O=C(O)COc1cc(Cl)c(Cc2ccc(O)c(C3CCc4cc(F)ccc43)c2)c(Cl)c1. The van der Waals surface area contributed by atoms with Crippen LogP contribution in [-0.2, 0) is 17.6 Å². The highest BCUT2D eigenvalue weighted by atomic mass is 35.5. The standard InChI is InChI=1S/C24H19Cl2FO4/c25-21-10-16(31-12-24(29)30)11-22(26)20(21)8-13-1-6-23(28)19(7-13)18-4-2-14-9-15(27)3-5-17(14)18/h1,3,5-7,9-11,18,28H,2,4,8,12H2,(H,29,30). The number of ether oxygens (including phenoxy) is 1. The van der Waals surface area contributed by atoms with Crippen LogP contribution in [0.25, 0.3) is 0 Å². The van der Waals surface area contributed by atoms with Gasteiger partial charge in [-0.05, 0) is 65.4 Å². The molecule has 4 rings (SSSR count). The highest BCUT2D eigenvalue weighted by Gasteiger charge is 2.26. The summed E-state index contributed by atoms with van der Waals surface area (Å²) in [6.45, 7) is -0.486. The molecular formula is C24H19Cl2FO4. The Morgan fingerprint density at radius 2 is 1.81 bits per heavy atom. The summed E-state index contributed by atoms with van der Waals surface area (Å²) in [7, 11) is 0. The molecule has 0 saturated heterocycles. The molecule has 1 unspecified atom stereocenters. The van der Waals surface area contributed by atoms with Gasteiger partial charge < -0.3 is 14.9 Å². The van der Waals surface area contributed by atoms with Gasteiger partial charge in [0.05, 0.1) is 0 Å². The minimum atomic E-state index is -1.09. The molecule has 0 bridgehead atoms. The molecule has 0 aliphatic heterocycles. The van der Waals surface area contributed by atoms with Crippen LogP contribution in [0.15, 0.2) is 48.5 Å². The summed E-state index contributed by atoms with van der Waals surface area (Å²) in [5.74, 6) is -0.877. The minimum Gasteiger partial charge on any atom is -0.508 e. The van der Waals surface area contributed by atoms with Crippen molar-refractivity contribution in [2.45, 2.75) is 25.2 Å². The number of aromatic hydroxyl groups is 1. The van der Waals surface area contributed by atoms with Crippen molar-refractivity contribution in [2.24, 2.45) is 0 Å². The van der Waals surface area contributed by atoms with E-state index in [1.807, 2.05) is 6.07 Å². The largest absolute Gasteiger partial charge is 0.508 e. The summed E-state index contributed by atoms with van der Waals surface area (Å²) < 4.78 is 18.7. The molecule has 31 heavy (non-hydrogen) atoms. The molecule has 160 valence electrons. The molecule has 2 N–H and O–H groups in total. The molecule has 0 saturated carbocycles. The molecule has 3 aromatic rings. The van der Waals surface area contributed by atoms with Crippen LogP contribution in [0.5, 0.6) is 11.5 Å². The van der Waals surface area contributed by atoms with Crippen LogP contribution in [-0.4, -0.2) is 22.8 Å². The Morgan fingerprint density at radius 3 is 2.52 bits per heavy atom. The maximum Gasteiger partial charge on any atom is 0.341 e. The Bertz CT molecular complexity index is 1140. The number of phenolic OH excluding ortho intramolecular Hbond substituents is 1. The number of carboxylic acid groups (broad SMARTS) is 1. The van der Waals surface area contributed by atoms with Gasteiger partial charge in [-0.2, -0.15) is 0 Å². The van der Waals surface area contributed by atoms with Gasteiger partial charge in [-0.1, -0.05) is 41.4 Å². The fraction of sp³-hybridized carbons (Fsp3) is 0.208. The van der Waals surface area contributed by atoms with Crippen molar-refractivity contribution < 1.29 is 24.1 Å². The molecule has 0 amide bonds. The maximum absolute atomic E-state index is 13.6. The topological polar surface area (TPSA) is 66.8 Å². The molecule has 7 heteroatoms. The molecule has 0 heterocycles. The highest BCUT2D eigenvalue weighted by molar-refractivity contribution is 6.36. The number of carbonyl (C=O) groups is 1. The smallest absolute Gasteiger partial charge is 0.341 e. The van der Waals surface area contributed by atoms with Crippen LogP contribution >= 0.6 is 23.2 Å². The second kappa shape index (κ2) is 8.77. The number of carboxylic acids is 1. The molecule has 1 atom stereocenters. The zero-order valence-electron chi connectivity index (χ0n) is 16.4. The summed E-state index contributed by atoms with van der Waals surface area (Å²) in [6, 6.07) is 13.3. The number of fused-ring (bicyclic) bond motifs is 1. The minimum absolute atomic E-state index is 0.00621. The fourth-order valence-electron chi connectivity index (χ4n) is 4.08. The molecule has 1 aliphatic carbocycles. The Morgan fingerprint density at radius 1 is 1.06 bits per heavy atom. The van der Waals surface area contributed by atoms with E-state index in [2.05, 4.69) is 0 Å². The van der Waals surface area contributed by atoms with Crippen LogP contribution in [0.1, 0.15) is 40.2 Å². The van der Waals surface area contributed by atoms with Crippen molar-refractivity contribution in [1.29, 1.82) is 0 Å². The second-order valence-corrected chi connectivity index (χ2v) is 8.37. The number of hydrogen-bond donors (Lipinski definition) is 2. The monoisotopic (exact) mass is 460 g/mol. The van der Waals surface area contributed by atoms with E-state index in [1.165, 1.54) is 18.2 Å². The third kappa shape index (κ3) is 4.63. The molecular weight excluding hydrogens is 442 g/mol. The predicted octanol–water partition coefficient (Wildman–Crippen LogP) is 5.97. The molecule has 1 aliphatic rings. The van der Waals surface area contributed by atoms with Crippen LogP contribution < -0.4 is 4.74 Å². The first-order valence-corrected chi connectivity index (χ1v) is 10.5. The van der Waals surface area contributed by atoms with Crippen LogP contribution in [0.2, 0.25) is 10.0 Å². The van der Waals surface area contributed by atoms with E-state index in [-0.39, 0.29) is 23.2 Å². The summed E-state index contributed by atoms with van der Waals surface area (Å²) in [6.07, 6.45) is 1.98. The van der Waals surface area contributed by atoms with E-state index in [0.717, 1.165) is 35.1 Å². The van der Waals surface area contributed by atoms with Gasteiger partial charge in [-0.15, -0.1) is 0 Å². The van der Waals surface area contributed by atoms with Gasteiger partial charge in [0.25, 0.3) is 0 Å². The van der Waals surface area contributed by atoms with Gasteiger partial charge in [0, 0.05) is 27.9 Å². The summed E-state index contributed by atoms with van der Waals surface area (Å²) in [5.41, 5.74) is 4.38. The van der Waals surface area contributed by atoms with Gasteiger partial charge in [0.2, 0.25) is 0 Å². The molecule has 0 spiro atoms. The Labute approximate surface area is 188 Å². The Kier molecular flexibility index (Phi) is 6.08. The third-order valence-corrected chi connectivity index (χ3v) is 6.18. The quantitative estimate of drug-likeness (QED) is 0.475. The normalized spacial score (nSPS) is 15.0. The maximum atomic E-state index is 13.6. The zero-order valence-corrected chi connectivity index (χ0v) is 17.9. The van der Waals surface area contributed by atoms with Gasteiger partial charge in [-0.25, -0.2) is 9.18 Å². The van der Waals surface area contributed by atoms with E-state index in [9.17, 15) is 14.3 Å². The summed E-state index contributed by atoms with van der Waals surface area (Å²) >= 11 is 12.8. The first-order chi connectivity index (χ1) is 14.8. The average Bonchev–Trinajstić information content (AvgIpc) is 3.13. The van der Waals surface area contributed by atoms with Crippen molar-refractivity contribution in [3.8, 4) is 11.5 Å². The van der Waals surface area contributed by atoms with Gasteiger partial charge in [0.1, 0.15) is 17.3 Å². The van der Waals surface area contributed by atoms with E-state index in [1.54, 1.807) is 24.3 Å². The lowest BCUT2D eigenvalue weighted by atomic mass is 9.90. The van der Waals surface area contributed by atoms with E-state index in [0.29, 0.717) is 22.0 Å². The van der Waals surface area contributed by atoms with Crippen molar-refractivity contribution in [3.05, 3.63) is 92.2 Å². The predicted molar refractivity (Wildman–Crippen MR) is 117 cm³/mol. The van der Waals surface area contributed by atoms with E-state index in [4.69, 9.17) is 33.0 Å². The number of hydrogen-bond acceptors (Lipinski definition) is 3. The molecule has 4 nitrogen and oxygen atoms in total. The third-order valence-electron chi connectivity index (χ3n) is 5.51. The molecule has 0 fully saturated rings. The van der Waals surface area contributed by atoms with Gasteiger partial charge >= 0.3 is 5.97 Å². The van der Waals surface area contributed by atoms with Crippen molar-refractivity contribution in [3.63, 3.8) is 0 Å². The Balaban J connectivity index is 1.61.